The molecule has 1 atom stereocenters. The first-order valence-electron chi connectivity index (χ1n) is 18.9. The van der Waals surface area contributed by atoms with Crippen molar-refractivity contribution in [2.24, 2.45) is 0 Å². The summed E-state index contributed by atoms with van der Waals surface area (Å²) in [5.74, 6) is 0. The maximum Gasteiger partial charge on any atom is 0.0546 e. The molecule has 1 aliphatic carbocycles. The summed E-state index contributed by atoms with van der Waals surface area (Å²) in [6.07, 6.45) is 0. The van der Waals surface area contributed by atoms with Crippen LogP contribution >= 0.6 is 0 Å². The molecular weight excluding hydrogens is 639 g/mol. The quantitative estimate of drug-likeness (QED) is 0.168. The predicted octanol–water partition coefficient (Wildman–Crippen LogP) is 14.4. The highest BCUT2D eigenvalue weighted by Gasteiger charge is 2.44. The lowest BCUT2D eigenvalue weighted by molar-refractivity contribution is 0.584. The van der Waals surface area contributed by atoms with Gasteiger partial charge in [0.1, 0.15) is 0 Å². The fourth-order valence-electron chi connectivity index (χ4n) is 8.08. The highest BCUT2D eigenvalue weighted by Crippen LogP contribution is 2.58. The molecule has 0 amide bonds. The van der Waals surface area contributed by atoms with Crippen molar-refractivity contribution in [1.82, 2.24) is 0 Å². The number of hydrogen-bond donors (Lipinski definition) is 0. The van der Waals surface area contributed by atoms with Crippen molar-refractivity contribution in [3.8, 4) is 33.4 Å². The molecular formula is C52H49N. The average molecular weight is 688 g/mol. The number of nitrogens with zero attached hydrogens (tertiary/aromatic N) is 1. The van der Waals surface area contributed by atoms with E-state index in [1.807, 2.05) is 0 Å². The van der Waals surface area contributed by atoms with E-state index in [2.05, 4.69) is 223 Å². The first-order valence-corrected chi connectivity index (χ1v) is 18.9. The lowest BCUT2D eigenvalue weighted by atomic mass is 9.72. The molecule has 0 saturated heterocycles. The van der Waals surface area contributed by atoms with E-state index in [1.54, 1.807) is 0 Å². The van der Waals surface area contributed by atoms with Gasteiger partial charge in [-0.3, -0.25) is 0 Å². The topological polar surface area (TPSA) is 3.24 Å². The zero-order valence-corrected chi connectivity index (χ0v) is 32.1. The molecule has 0 aromatic heterocycles. The fraction of sp³-hybridized carbons (Fsp3) is 0.192. The van der Waals surface area contributed by atoms with E-state index < -0.39 is 0 Å². The minimum absolute atomic E-state index is 0.0217. The molecule has 0 saturated carbocycles. The van der Waals surface area contributed by atoms with E-state index in [9.17, 15) is 0 Å². The van der Waals surface area contributed by atoms with Crippen LogP contribution in [0, 0.1) is 0 Å². The largest absolute Gasteiger partial charge is 0.310 e. The Labute approximate surface area is 316 Å². The summed E-state index contributed by atoms with van der Waals surface area (Å²) in [6.45, 7) is 16.4. The molecule has 1 nitrogen and oxygen atoms in total. The third-order valence-electron chi connectivity index (χ3n) is 11.3. The number of anilines is 3. The summed E-state index contributed by atoms with van der Waals surface area (Å²) in [7, 11) is 0. The van der Waals surface area contributed by atoms with Gasteiger partial charge in [0.25, 0.3) is 0 Å². The normalized spacial score (nSPS) is 15.2. The summed E-state index contributed by atoms with van der Waals surface area (Å²) in [5.41, 5.74) is 17.3. The van der Waals surface area contributed by atoms with Gasteiger partial charge in [-0.25, -0.2) is 0 Å². The van der Waals surface area contributed by atoms with Crippen molar-refractivity contribution < 1.29 is 0 Å². The fourth-order valence-corrected chi connectivity index (χ4v) is 8.08. The maximum atomic E-state index is 2.51. The van der Waals surface area contributed by atoms with Crippen LogP contribution in [0.5, 0.6) is 0 Å². The highest BCUT2D eigenvalue weighted by atomic mass is 15.1. The smallest absolute Gasteiger partial charge is 0.0546 e. The number of benzene rings is 7. The Morgan fingerprint density at radius 1 is 0.415 bits per heavy atom. The molecule has 0 N–H and O–H groups in total. The predicted molar refractivity (Wildman–Crippen MR) is 227 cm³/mol. The third kappa shape index (κ3) is 6.19. The summed E-state index contributed by atoms with van der Waals surface area (Å²) in [5, 5.41) is 0. The Morgan fingerprint density at radius 3 is 1.32 bits per heavy atom. The average Bonchev–Trinajstić information content (AvgIpc) is 3.44. The molecule has 7 aromatic carbocycles. The van der Waals surface area contributed by atoms with Crippen molar-refractivity contribution in [3.63, 3.8) is 0 Å². The number of fused-ring (bicyclic) bond motifs is 3. The molecule has 1 heteroatoms. The van der Waals surface area contributed by atoms with E-state index in [4.69, 9.17) is 0 Å². The van der Waals surface area contributed by atoms with Gasteiger partial charge in [-0.05, 0) is 104 Å². The minimum Gasteiger partial charge on any atom is -0.310 e. The van der Waals surface area contributed by atoms with Gasteiger partial charge in [0.15, 0.2) is 0 Å². The second-order valence-electron chi connectivity index (χ2n) is 16.8. The van der Waals surface area contributed by atoms with Crippen LogP contribution in [0.15, 0.2) is 170 Å². The molecule has 0 fully saturated rings. The van der Waals surface area contributed by atoms with Gasteiger partial charge >= 0.3 is 0 Å². The van der Waals surface area contributed by atoms with Crippen LogP contribution in [-0.4, -0.2) is 0 Å². The van der Waals surface area contributed by atoms with Gasteiger partial charge in [0, 0.05) is 22.4 Å². The van der Waals surface area contributed by atoms with Crippen LogP contribution in [0.3, 0.4) is 0 Å². The molecule has 1 unspecified atom stereocenters. The van der Waals surface area contributed by atoms with Gasteiger partial charge in [0.2, 0.25) is 0 Å². The van der Waals surface area contributed by atoms with Crippen molar-refractivity contribution in [3.05, 3.63) is 198 Å². The van der Waals surface area contributed by atoms with Crippen LogP contribution in [-0.2, 0) is 16.2 Å². The first kappa shape index (κ1) is 34.4. The summed E-state index contributed by atoms with van der Waals surface area (Å²) >= 11 is 0. The van der Waals surface area contributed by atoms with Gasteiger partial charge in [-0.2, -0.15) is 0 Å². The van der Waals surface area contributed by atoms with Crippen LogP contribution in [0.25, 0.3) is 33.4 Å². The molecule has 0 spiro atoms. The SMILES string of the molecule is CC(C)(C)c1ccc2c(c1)C(C)(c1ccccc1)c1cc(C(C)(C)C)cc(N(c3ccc(-c4ccccc4)cc3)c3ccc(-c4ccccc4)cc3)c1-2. The maximum absolute atomic E-state index is 2.51. The molecule has 0 heterocycles. The number of rotatable bonds is 6. The molecule has 8 rings (SSSR count). The van der Waals surface area contributed by atoms with E-state index in [0.717, 1.165) is 11.4 Å². The molecule has 262 valence electrons. The molecule has 0 radical (unpaired) electrons. The number of hydrogen-bond acceptors (Lipinski definition) is 1. The van der Waals surface area contributed by atoms with Crippen LogP contribution < -0.4 is 4.90 Å². The Balaban J connectivity index is 1.42. The van der Waals surface area contributed by atoms with Crippen molar-refractivity contribution in [2.75, 3.05) is 4.90 Å². The minimum atomic E-state index is -0.344. The van der Waals surface area contributed by atoms with Gasteiger partial charge < -0.3 is 4.90 Å². The van der Waals surface area contributed by atoms with Gasteiger partial charge in [-0.15, -0.1) is 0 Å². The van der Waals surface area contributed by atoms with Gasteiger partial charge in [0.05, 0.1) is 5.69 Å². The standard InChI is InChI=1S/C52H49N/c1-50(2,3)41-27-32-45-46(33-41)52(7,40-21-15-10-16-22-40)47-34-42(51(4,5)6)35-48(49(45)47)53(43-28-23-38(24-29-43)36-17-11-8-12-18-36)44-30-25-39(26-31-44)37-19-13-9-14-20-37/h8-35H,1-7H3. The summed E-state index contributed by atoms with van der Waals surface area (Å²) < 4.78 is 0. The van der Waals surface area contributed by atoms with Crippen molar-refractivity contribution >= 4 is 17.1 Å². The van der Waals surface area contributed by atoms with Gasteiger partial charge in [-0.1, -0.05) is 181 Å². The Morgan fingerprint density at radius 2 is 0.849 bits per heavy atom. The van der Waals surface area contributed by atoms with Crippen LogP contribution in [0.4, 0.5) is 17.1 Å². The molecule has 7 aromatic rings. The van der Waals surface area contributed by atoms with E-state index >= 15 is 0 Å². The summed E-state index contributed by atoms with van der Waals surface area (Å²) in [4.78, 5) is 2.50. The Bertz CT molecular complexity index is 2290. The second kappa shape index (κ2) is 13.1. The van der Waals surface area contributed by atoms with Crippen molar-refractivity contribution in [2.45, 2.75) is 64.7 Å². The van der Waals surface area contributed by atoms with E-state index in [-0.39, 0.29) is 16.2 Å². The lowest BCUT2D eigenvalue weighted by Gasteiger charge is -2.33. The summed E-state index contributed by atoms with van der Waals surface area (Å²) in [6, 6.07) is 62.9. The van der Waals surface area contributed by atoms with E-state index in [1.165, 1.54) is 66.9 Å². The monoisotopic (exact) mass is 687 g/mol. The highest BCUT2D eigenvalue weighted by molar-refractivity contribution is 5.97. The van der Waals surface area contributed by atoms with Crippen LogP contribution in [0.1, 0.15) is 76.3 Å². The molecule has 53 heavy (non-hydrogen) atoms. The zero-order chi connectivity index (χ0) is 37.0. The van der Waals surface area contributed by atoms with E-state index in [0.29, 0.717) is 0 Å². The van der Waals surface area contributed by atoms with Crippen LogP contribution in [0.2, 0.25) is 0 Å². The Kier molecular flexibility index (Phi) is 8.50. The van der Waals surface area contributed by atoms with Crippen molar-refractivity contribution in [1.29, 1.82) is 0 Å². The Hall–Kier alpha value is -5.66. The molecule has 0 aliphatic heterocycles. The lowest BCUT2D eigenvalue weighted by Crippen LogP contribution is -2.25. The second-order valence-corrected chi connectivity index (χ2v) is 16.8. The third-order valence-corrected chi connectivity index (χ3v) is 11.3. The molecule has 1 aliphatic rings. The zero-order valence-electron chi connectivity index (χ0n) is 32.1. The first-order chi connectivity index (χ1) is 25.4. The molecule has 0 bridgehead atoms.